The van der Waals surface area contributed by atoms with Crippen molar-refractivity contribution in [1.29, 1.82) is 0 Å². The fourth-order valence-electron chi connectivity index (χ4n) is 3.80. The fourth-order valence-corrected chi connectivity index (χ4v) is 3.97. The second-order valence-corrected chi connectivity index (χ2v) is 7.28. The molecule has 0 spiro atoms. The van der Waals surface area contributed by atoms with E-state index in [1.165, 1.54) is 17.7 Å². The molecule has 1 saturated heterocycles. The highest BCUT2D eigenvalue weighted by Crippen LogP contribution is 2.27. The number of carbonyl (C=O) groups excluding carboxylic acids is 1. The van der Waals surface area contributed by atoms with Crippen LogP contribution < -0.4 is 10.2 Å². The third-order valence-electron chi connectivity index (χ3n) is 5.20. The van der Waals surface area contributed by atoms with Crippen molar-refractivity contribution < 1.29 is 18.5 Å². The van der Waals surface area contributed by atoms with Crippen molar-refractivity contribution in [3.05, 3.63) is 58.7 Å². The SMILES string of the molecule is Cc1c(C(=O)NC[C@H](c2ccco2)[NH+]2CCCC2)oc2ccc(Cl)cc12. The second-order valence-electron chi connectivity index (χ2n) is 6.84. The number of likely N-dealkylation sites (tertiary alicyclic amines) is 1. The lowest BCUT2D eigenvalue weighted by Crippen LogP contribution is -3.11. The summed E-state index contributed by atoms with van der Waals surface area (Å²) in [5, 5.41) is 4.53. The first-order valence-electron chi connectivity index (χ1n) is 8.98. The lowest BCUT2D eigenvalue weighted by Gasteiger charge is -2.23. The highest BCUT2D eigenvalue weighted by Gasteiger charge is 2.30. The molecule has 1 aliphatic heterocycles. The van der Waals surface area contributed by atoms with Gasteiger partial charge >= 0.3 is 0 Å². The summed E-state index contributed by atoms with van der Waals surface area (Å²) in [4.78, 5) is 14.2. The summed E-state index contributed by atoms with van der Waals surface area (Å²) in [5.74, 6) is 1.05. The third-order valence-corrected chi connectivity index (χ3v) is 5.43. The van der Waals surface area contributed by atoms with Crippen molar-refractivity contribution in [2.45, 2.75) is 25.8 Å². The van der Waals surface area contributed by atoms with E-state index < -0.39 is 0 Å². The zero-order chi connectivity index (χ0) is 18.1. The van der Waals surface area contributed by atoms with Gasteiger partial charge in [0, 0.05) is 28.8 Å². The van der Waals surface area contributed by atoms with Crippen LogP contribution in [0.25, 0.3) is 11.0 Å². The van der Waals surface area contributed by atoms with E-state index in [9.17, 15) is 4.79 Å². The Morgan fingerprint density at radius 1 is 1.31 bits per heavy atom. The molecule has 26 heavy (non-hydrogen) atoms. The molecular formula is C20H22ClN2O3+. The number of nitrogens with one attached hydrogen (secondary N) is 2. The van der Waals surface area contributed by atoms with Gasteiger partial charge in [-0.25, -0.2) is 0 Å². The van der Waals surface area contributed by atoms with Gasteiger partial charge in [-0.3, -0.25) is 4.79 Å². The van der Waals surface area contributed by atoms with Crippen molar-refractivity contribution in [2.75, 3.05) is 19.6 Å². The monoisotopic (exact) mass is 373 g/mol. The maximum absolute atomic E-state index is 12.7. The van der Waals surface area contributed by atoms with Crippen LogP contribution in [0.2, 0.25) is 5.02 Å². The minimum Gasteiger partial charge on any atom is -0.463 e. The van der Waals surface area contributed by atoms with E-state index in [0.717, 1.165) is 29.8 Å². The van der Waals surface area contributed by atoms with E-state index in [1.807, 2.05) is 25.1 Å². The number of furan rings is 2. The van der Waals surface area contributed by atoms with Crippen LogP contribution in [-0.4, -0.2) is 25.5 Å². The Morgan fingerprint density at radius 3 is 2.85 bits per heavy atom. The first-order chi connectivity index (χ1) is 12.6. The van der Waals surface area contributed by atoms with Crippen LogP contribution in [0.15, 0.2) is 45.4 Å². The predicted molar refractivity (Wildman–Crippen MR) is 99.7 cm³/mol. The molecule has 1 amide bonds. The van der Waals surface area contributed by atoms with Gasteiger partial charge in [0.15, 0.2) is 17.6 Å². The van der Waals surface area contributed by atoms with Gasteiger partial charge in [-0.1, -0.05) is 11.6 Å². The Balaban J connectivity index is 1.53. The van der Waals surface area contributed by atoms with Crippen LogP contribution >= 0.6 is 11.6 Å². The van der Waals surface area contributed by atoms with E-state index in [0.29, 0.717) is 22.9 Å². The summed E-state index contributed by atoms with van der Waals surface area (Å²) in [6.07, 6.45) is 4.11. The minimum atomic E-state index is -0.204. The first kappa shape index (κ1) is 17.2. The maximum Gasteiger partial charge on any atom is 0.287 e. The van der Waals surface area contributed by atoms with Gasteiger partial charge < -0.3 is 19.1 Å². The summed E-state index contributed by atoms with van der Waals surface area (Å²) in [5.41, 5.74) is 1.48. The number of benzene rings is 1. The Kier molecular flexibility index (Phi) is 4.74. The summed E-state index contributed by atoms with van der Waals surface area (Å²) in [7, 11) is 0. The number of quaternary nitrogens is 1. The molecule has 3 aromatic rings. The zero-order valence-electron chi connectivity index (χ0n) is 14.7. The lowest BCUT2D eigenvalue weighted by molar-refractivity contribution is -0.919. The molecule has 1 aromatic carbocycles. The number of hydrogen-bond acceptors (Lipinski definition) is 3. The average molecular weight is 374 g/mol. The van der Waals surface area contributed by atoms with Crippen LogP contribution in [0, 0.1) is 6.92 Å². The molecule has 0 aliphatic carbocycles. The van der Waals surface area contributed by atoms with E-state index >= 15 is 0 Å². The van der Waals surface area contributed by atoms with Crippen LogP contribution in [0.4, 0.5) is 0 Å². The first-order valence-corrected chi connectivity index (χ1v) is 9.36. The smallest absolute Gasteiger partial charge is 0.287 e. The standard InChI is InChI=1S/C20H21ClN2O3/c1-13-15-11-14(21)6-7-17(15)26-19(13)20(24)22-12-16(18-5-4-10-25-18)23-8-2-3-9-23/h4-7,10-11,16H,2-3,8-9,12H2,1H3,(H,22,24)/p+1/t16-/m1/s1. The Labute approximate surface area is 156 Å². The molecule has 2 N–H and O–H groups in total. The molecule has 0 radical (unpaired) electrons. The van der Waals surface area contributed by atoms with E-state index in [-0.39, 0.29) is 11.9 Å². The topological polar surface area (TPSA) is 59.8 Å². The Hall–Kier alpha value is -2.24. The molecular weight excluding hydrogens is 352 g/mol. The maximum atomic E-state index is 12.7. The highest BCUT2D eigenvalue weighted by molar-refractivity contribution is 6.31. The second kappa shape index (κ2) is 7.17. The summed E-state index contributed by atoms with van der Waals surface area (Å²) >= 11 is 6.06. The molecule has 2 aromatic heterocycles. The molecule has 5 nitrogen and oxygen atoms in total. The van der Waals surface area contributed by atoms with Crippen molar-refractivity contribution in [1.82, 2.24) is 5.32 Å². The van der Waals surface area contributed by atoms with Crippen molar-refractivity contribution in [2.24, 2.45) is 0 Å². The molecule has 0 saturated carbocycles. The number of amides is 1. The van der Waals surface area contributed by atoms with Crippen molar-refractivity contribution >= 4 is 28.5 Å². The molecule has 1 aliphatic rings. The molecule has 1 atom stereocenters. The number of halogens is 1. The number of aryl methyl sites for hydroxylation is 1. The quantitative estimate of drug-likeness (QED) is 0.722. The summed E-state index contributed by atoms with van der Waals surface area (Å²) in [6.45, 7) is 4.60. The molecule has 1 fully saturated rings. The summed E-state index contributed by atoms with van der Waals surface area (Å²) < 4.78 is 11.4. The van der Waals surface area contributed by atoms with Gasteiger partial charge in [-0.2, -0.15) is 0 Å². The van der Waals surface area contributed by atoms with E-state index in [1.54, 1.807) is 18.4 Å². The molecule has 0 bridgehead atoms. The largest absolute Gasteiger partial charge is 0.463 e. The highest BCUT2D eigenvalue weighted by atomic mass is 35.5. The molecule has 4 rings (SSSR count). The van der Waals surface area contributed by atoms with Crippen molar-refractivity contribution in [3.63, 3.8) is 0 Å². The van der Waals surface area contributed by atoms with Gasteiger partial charge in [0.25, 0.3) is 5.91 Å². The van der Waals surface area contributed by atoms with Gasteiger partial charge in [0.2, 0.25) is 0 Å². The minimum absolute atomic E-state index is 0.121. The van der Waals surface area contributed by atoms with Crippen LogP contribution in [0.3, 0.4) is 0 Å². The fraction of sp³-hybridized carbons (Fsp3) is 0.350. The van der Waals surface area contributed by atoms with Gasteiger partial charge in [0.05, 0.1) is 25.9 Å². The van der Waals surface area contributed by atoms with E-state index in [4.69, 9.17) is 20.4 Å². The molecule has 136 valence electrons. The number of carbonyl (C=O) groups is 1. The molecule has 6 heteroatoms. The Morgan fingerprint density at radius 2 is 2.12 bits per heavy atom. The zero-order valence-corrected chi connectivity index (χ0v) is 15.4. The van der Waals surface area contributed by atoms with Crippen molar-refractivity contribution in [3.8, 4) is 0 Å². The van der Waals surface area contributed by atoms with Gasteiger partial charge in [0.1, 0.15) is 5.58 Å². The lowest BCUT2D eigenvalue weighted by atomic mass is 10.1. The van der Waals surface area contributed by atoms with Gasteiger partial charge in [-0.15, -0.1) is 0 Å². The van der Waals surface area contributed by atoms with Crippen LogP contribution in [0.5, 0.6) is 0 Å². The van der Waals surface area contributed by atoms with Gasteiger partial charge in [-0.05, 0) is 37.3 Å². The van der Waals surface area contributed by atoms with Crippen LogP contribution in [0.1, 0.15) is 40.8 Å². The molecule has 0 unspecified atom stereocenters. The van der Waals surface area contributed by atoms with Crippen LogP contribution in [-0.2, 0) is 0 Å². The van der Waals surface area contributed by atoms with E-state index in [2.05, 4.69) is 5.32 Å². The number of fused-ring (bicyclic) bond motifs is 1. The third kappa shape index (κ3) is 3.24. The Bertz CT molecular complexity index is 911. The number of hydrogen-bond donors (Lipinski definition) is 2. The predicted octanol–water partition coefficient (Wildman–Crippen LogP) is 3.14. The summed E-state index contributed by atoms with van der Waals surface area (Å²) in [6, 6.07) is 9.38. The average Bonchev–Trinajstić information content (AvgIpc) is 3.38. The number of rotatable bonds is 5. The molecule has 3 heterocycles. The normalized spacial score (nSPS) is 16.2.